The maximum absolute atomic E-state index is 12.1. The minimum atomic E-state index is -0.566. The van der Waals surface area contributed by atoms with Crippen molar-refractivity contribution >= 4 is 45.9 Å². The number of urea groups is 1. The lowest BCUT2D eigenvalue weighted by Crippen LogP contribution is -2.35. The number of benzene rings is 2. The third-order valence-electron chi connectivity index (χ3n) is 4.19. The highest BCUT2D eigenvalue weighted by Crippen LogP contribution is 2.25. The lowest BCUT2D eigenvalue weighted by atomic mass is 10.1. The van der Waals surface area contributed by atoms with Crippen LogP contribution in [0.5, 0.6) is 0 Å². The Hall–Kier alpha value is -3.39. The van der Waals surface area contributed by atoms with Gasteiger partial charge in [0.25, 0.3) is 0 Å². The summed E-state index contributed by atoms with van der Waals surface area (Å²) in [5.41, 5.74) is 3.43. The van der Waals surface area contributed by atoms with Gasteiger partial charge in [-0.15, -0.1) is 10.2 Å². The highest BCUT2D eigenvalue weighted by atomic mass is 32.2. The minimum Gasteiger partial charge on any atom is -0.308 e. The van der Waals surface area contributed by atoms with Gasteiger partial charge in [-0.2, -0.15) is 0 Å². The first-order valence-electron chi connectivity index (χ1n) is 8.64. The van der Waals surface area contributed by atoms with Gasteiger partial charge in [-0.25, -0.2) is 4.79 Å². The number of carbonyl (C=O) groups excluding carboxylic acids is 2. The number of nitrogens with one attached hydrogen (secondary N) is 2. The van der Waals surface area contributed by atoms with Crippen LogP contribution < -0.4 is 10.6 Å². The van der Waals surface area contributed by atoms with Crippen LogP contribution in [0.2, 0.25) is 0 Å². The summed E-state index contributed by atoms with van der Waals surface area (Å²) in [5, 5.41) is 15.0. The van der Waals surface area contributed by atoms with Crippen molar-refractivity contribution in [2.45, 2.75) is 12.1 Å². The number of amides is 3. The van der Waals surface area contributed by atoms with Crippen LogP contribution in [0.1, 0.15) is 5.56 Å². The van der Waals surface area contributed by atoms with E-state index in [1.54, 1.807) is 24.3 Å². The molecule has 0 radical (unpaired) electrons. The Balaban J connectivity index is 1.46. The molecule has 0 spiro atoms. The molecular formula is C20H17N5O2S. The zero-order chi connectivity index (χ0) is 19.5. The van der Waals surface area contributed by atoms with Crippen LogP contribution in [0.4, 0.5) is 10.5 Å². The van der Waals surface area contributed by atoms with Crippen molar-refractivity contribution in [1.82, 2.24) is 19.9 Å². The van der Waals surface area contributed by atoms with Gasteiger partial charge in [0, 0.05) is 11.1 Å². The molecule has 0 aliphatic rings. The van der Waals surface area contributed by atoms with E-state index in [1.165, 1.54) is 11.8 Å². The molecule has 0 bridgehead atoms. The molecular weight excluding hydrogens is 374 g/mol. The lowest BCUT2D eigenvalue weighted by molar-refractivity contribution is -0.117. The number of para-hydroxylation sites is 2. The Morgan fingerprint density at radius 1 is 1.04 bits per heavy atom. The van der Waals surface area contributed by atoms with E-state index in [4.69, 9.17) is 0 Å². The fourth-order valence-corrected chi connectivity index (χ4v) is 3.70. The second-order valence-corrected chi connectivity index (χ2v) is 7.12. The van der Waals surface area contributed by atoms with Gasteiger partial charge in [0.15, 0.2) is 10.8 Å². The maximum atomic E-state index is 12.1. The molecule has 0 fully saturated rings. The molecule has 28 heavy (non-hydrogen) atoms. The summed E-state index contributed by atoms with van der Waals surface area (Å²) in [6, 6.07) is 18.3. The number of aromatic nitrogens is 3. The fourth-order valence-electron chi connectivity index (χ4n) is 2.94. The third kappa shape index (κ3) is 3.67. The summed E-state index contributed by atoms with van der Waals surface area (Å²) in [4.78, 5) is 24.1. The molecule has 3 amide bonds. The van der Waals surface area contributed by atoms with Gasteiger partial charge in [0.2, 0.25) is 5.91 Å². The number of hydrogen-bond donors (Lipinski definition) is 2. The number of thioether (sulfide) groups is 1. The molecule has 8 heteroatoms. The molecule has 0 aliphatic heterocycles. The number of pyridine rings is 1. The van der Waals surface area contributed by atoms with E-state index in [0.29, 0.717) is 10.8 Å². The highest BCUT2D eigenvalue weighted by Gasteiger charge is 2.14. The number of hydrogen-bond acceptors (Lipinski definition) is 5. The summed E-state index contributed by atoms with van der Waals surface area (Å²) >= 11 is 1.23. The first-order chi connectivity index (χ1) is 13.6. The Labute approximate surface area is 165 Å². The number of fused-ring (bicyclic) bond motifs is 3. The first-order valence-corrected chi connectivity index (χ1v) is 9.62. The van der Waals surface area contributed by atoms with Crippen molar-refractivity contribution in [1.29, 1.82) is 0 Å². The van der Waals surface area contributed by atoms with E-state index < -0.39 is 11.9 Å². The van der Waals surface area contributed by atoms with Gasteiger partial charge in [-0.3, -0.25) is 14.5 Å². The van der Waals surface area contributed by atoms with Crippen molar-refractivity contribution in [2.75, 3.05) is 11.1 Å². The van der Waals surface area contributed by atoms with Gasteiger partial charge in [0.05, 0.1) is 11.3 Å². The van der Waals surface area contributed by atoms with E-state index in [9.17, 15) is 9.59 Å². The SMILES string of the molecule is Cc1cc2nnc(SCC(=O)NC(=O)Nc3ccccc3)n2c2ccccc12. The van der Waals surface area contributed by atoms with Crippen LogP contribution in [0.15, 0.2) is 65.8 Å². The number of carbonyl (C=O) groups is 2. The van der Waals surface area contributed by atoms with E-state index in [0.717, 1.165) is 22.1 Å². The smallest absolute Gasteiger partial charge is 0.308 e. The second-order valence-electron chi connectivity index (χ2n) is 6.18. The van der Waals surface area contributed by atoms with Crippen molar-refractivity contribution < 1.29 is 9.59 Å². The second kappa shape index (κ2) is 7.69. The number of anilines is 1. The average molecular weight is 391 g/mol. The summed E-state index contributed by atoms with van der Waals surface area (Å²) in [6.07, 6.45) is 0. The Morgan fingerprint density at radius 2 is 1.79 bits per heavy atom. The predicted molar refractivity (Wildman–Crippen MR) is 110 cm³/mol. The van der Waals surface area contributed by atoms with Gasteiger partial charge in [0.1, 0.15) is 0 Å². The van der Waals surface area contributed by atoms with E-state index in [1.807, 2.05) is 47.7 Å². The summed E-state index contributed by atoms with van der Waals surface area (Å²) < 4.78 is 1.92. The molecule has 2 heterocycles. The Bertz CT molecular complexity index is 1170. The minimum absolute atomic E-state index is 0.0468. The molecule has 0 saturated carbocycles. The van der Waals surface area contributed by atoms with Gasteiger partial charge >= 0.3 is 6.03 Å². The normalized spacial score (nSPS) is 10.9. The largest absolute Gasteiger partial charge is 0.325 e. The molecule has 4 aromatic rings. The van der Waals surface area contributed by atoms with Gasteiger partial charge < -0.3 is 5.32 Å². The number of nitrogens with zero attached hydrogens (tertiary/aromatic N) is 3. The maximum Gasteiger partial charge on any atom is 0.325 e. The highest BCUT2D eigenvalue weighted by molar-refractivity contribution is 7.99. The molecule has 7 nitrogen and oxygen atoms in total. The molecule has 140 valence electrons. The Morgan fingerprint density at radius 3 is 2.61 bits per heavy atom. The van der Waals surface area contributed by atoms with Crippen LogP contribution in [0, 0.1) is 6.92 Å². The van der Waals surface area contributed by atoms with Crippen molar-refractivity contribution in [3.63, 3.8) is 0 Å². The Kier molecular flexibility index (Phi) is 4.94. The third-order valence-corrected chi connectivity index (χ3v) is 5.12. The molecule has 4 rings (SSSR count). The van der Waals surface area contributed by atoms with E-state index >= 15 is 0 Å². The van der Waals surface area contributed by atoms with Crippen molar-refractivity contribution in [3.8, 4) is 0 Å². The molecule has 0 aliphatic carbocycles. The predicted octanol–water partition coefficient (Wildman–Crippen LogP) is 3.63. The van der Waals surface area contributed by atoms with Crippen LogP contribution >= 0.6 is 11.8 Å². The van der Waals surface area contributed by atoms with E-state index in [2.05, 4.69) is 20.8 Å². The monoisotopic (exact) mass is 391 g/mol. The number of aryl methyl sites for hydroxylation is 1. The molecule has 0 unspecified atom stereocenters. The molecule has 2 N–H and O–H groups in total. The fraction of sp³-hybridized carbons (Fsp3) is 0.100. The molecule has 0 saturated heterocycles. The zero-order valence-corrected chi connectivity index (χ0v) is 15.9. The number of imide groups is 1. The first kappa shape index (κ1) is 18.0. The standard InChI is InChI=1S/C20H17N5O2S/c1-13-11-17-23-24-20(25(17)16-10-6-5-9-15(13)16)28-12-18(26)22-19(27)21-14-7-3-2-4-8-14/h2-11H,12H2,1H3,(H2,21,22,26,27). The van der Waals surface area contributed by atoms with Crippen LogP contribution in [0.3, 0.4) is 0 Å². The molecule has 2 aromatic heterocycles. The summed E-state index contributed by atoms with van der Waals surface area (Å²) in [5.74, 6) is -0.364. The zero-order valence-electron chi connectivity index (χ0n) is 15.0. The van der Waals surface area contributed by atoms with Crippen molar-refractivity contribution in [3.05, 3.63) is 66.2 Å². The topological polar surface area (TPSA) is 88.4 Å². The van der Waals surface area contributed by atoms with Crippen LogP contribution in [-0.2, 0) is 4.79 Å². The number of rotatable bonds is 4. The lowest BCUT2D eigenvalue weighted by Gasteiger charge is -2.08. The average Bonchev–Trinajstić information content (AvgIpc) is 3.10. The summed E-state index contributed by atoms with van der Waals surface area (Å²) in [7, 11) is 0. The van der Waals surface area contributed by atoms with Crippen molar-refractivity contribution in [2.24, 2.45) is 0 Å². The quantitative estimate of drug-likeness (QED) is 0.519. The van der Waals surface area contributed by atoms with E-state index in [-0.39, 0.29) is 5.75 Å². The van der Waals surface area contributed by atoms with Gasteiger partial charge in [-0.05, 0) is 36.8 Å². The molecule has 0 atom stereocenters. The summed E-state index contributed by atoms with van der Waals surface area (Å²) in [6.45, 7) is 2.03. The van der Waals surface area contributed by atoms with Crippen LogP contribution in [-0.4, -0.2) is 32.3 Å². The molecule has 2 aromatic carbocycles. The van der Waals surface area contributed by atoms with Crippen LogP contribution in [0.25, 0.3) is 16.6 Å². The van der Waals surface area contributed by atoms with Gasteiger partial charge in [-0.1, -0.05) is 48.2 Å².